The highest BCUT2D eigenvalue weighted by Gasteiger charge is 2.15. The molecule has 2 rings (SSSR count). The van der Waals surface area contributed by atoms with Gasteiger partial charge < -0.3 is 24.8 Å². The Balaban J connectivity index is 1.95. The third-order valence-electron chi connectivity index (χ3n) is 3.97. The van der Waals surface area contributed by atoms with Gasteiger partial charge in [0.1, 0.15) is 0 Å². The van der Waals surface area contributed by atoms with E-state index in [1.165, 1.54) is 0 Å². The molecule has 0 radical (unpaired) electrons. The van der Waals surface area contributed by atoms with E-state index in [1.54, 1.807) is 7.11 Å². The van der Waals surface area contributed by atoms with Gasteiger partial charge in [-0.2, -0.15) is 0 Å². The van der Waals surface area contributed by atoms with Gasteiger partial charge in [-0.25, -0.2) is 4.99 Å². The SMILES string of the molecule is CCCOc1ccc(CN=C(NCC)NCC2CCCO2)cc1OC. The standard InChI is InChI=1S/C19H31N3O3/c1-4-10-25-17-9-8-15(12-18(17)23-3)13-21-19(20-5-2)22-14-16-7-6-11-24-16/h8-9,12,16H,4-7,10-11,13-14H2,1-3H3,(H2,20,21,22). The minimum atomic E-state index is 0.291. The van der Waals surface area contributed by atoms with Crippen molar-refractivity contribution in [1.82, 2.24) is 10.6 Å². The molecule has 0 amide bonds. The van der Waals surface area contributed by atoms with E-state index in [1.807, 2.05) is 18.2 Å². The van der Waals surface area contributed by atoms with Crippen molar-refractivity contribution in [1.29, 1.82) is 0 Å². The Morgan fingerprint density at radius 1 is 1.28 bits per heavy atom. The molecule has 1 fully saturated rings. The molecular weight excluding hydrogens is 318 g/mol. The lowest BCUT2D eigenvalue weighted by atomic mass is 10.2. The quantitative estimate of drug-likeness (QED) is 0.530. The highest BCUT2D eigenvalue weighted by atomic mass is 16.5. The van der Waals surface area contributed by atoms with Crippen molar-refractivity contribution in [2.75, 3.05) is 33.4 Å². The van der Waals surface area contributed by atoms with Crippen molar-refractivity contribution >= 4 is 5.96 Å². The molecule has 0 aliphatic carbocycles. The molecule has 6 nitrogen and oxygen atoms in total. The Bertz CT molecular complexity index is 543. The lowest BCUT2D eigenvalue weighted by Crippen LogP contribution is -2.41. The van der Waals surface area contributed by atoms with E-state index in [2.05, 4.69) is 29.5 Å². The largest absolute Gasteiger partial charge is 0.493 e. The molecule has 0 aromatic heterocycles. The molecule has 0 saturated carbocycles. The number of benzene rings is 1. The van der Waals surface area contributed by atoms with E-state index in [9.17, 15) is 0 Å². The van der Waals surface area contributed by atoms with Gasteiger partial charge in [0.05, 0.1) is 26.4 Å². The summed E-state index contributed by atoms with van der Waals surface area (Å²) in [7, 11) is 1.66. The maximum Gasteiger partial charge on any atom is 0.191 e. The fourth-order valence-electron chi connectivity index (χ4n) is 2.67. The van der Waals surface area contributed by atoms with E-state index >= 15 is 0 Å². The van der Waals surface area contributed by atoms with Crippen molar-refractivity contribution in [3.63, 3.8) is 0 Å². The summed E-state index contributed by atoms with van der Waals surface area (Å²) in [5.74, 6) is 2.34. The van der Waals surface area contributed by atoms with Gasteiger partial charge in [0.25, 0.3) is 0 Å². The van der Waals surface area contributed by atoms with Gasteiger partial charge in [0, 0.05) is 19.7 Å². The smallest absolute Gasteiger partial charge is 0.191 e. The summed E-state index contributed by atoms with van der Waals surface area (Å²) >= 11 is 0. The van der Waals surface area contributed by atoms with Crippen LogP contribution in [-0.4, -0.2) is 45.5 Å². The van der Waals surface area contributed by atoms with Gasteiger partial charge in [0.15, 0.2) is 17.5 Å². The number of hydrogen-bond donors (Lipinski definition) is 2. The number of ether oxygens (including phenoxy) is 3. The number of methoxy groups -OCH3 is 1. The lowest BCUT2D eigenvalue weighted by molar-refractivity contribution is 0.114. The molecule has 2 N–H and O–H groups in total. The molecule has 25 heavy (non-hydrogen) atoms. The van der Waals surface area contributed by atoms with Gasteiger partial charge in [-0.15, -0.1) is 0 Å². The summed E-state index contributed by atoms with van der Waals surface area (Å²) in [5, 5.41) is 6.63. The summed E-state index contributed by atoms with van der Waals surface area (Å²) in [4.78, 5) is 4.65. The number of nitrogens with zero attached hydrogens (tertiary/aromatic N) is 1. The normalized spacial score (nSPS) is 17.4. The van der Waals surface area contributed by atoms with Gasteiger partial charge in [0.2, 0.25) is 0 Å². The average Bonchev–Trinajstić information content (AvgIpc) is 3.16. The summed E-state index contributed by atoms with van der Waals surface area (Å²) < 4.78 is 16.8. The van der Waals surface area contributed by atoms with Crippen LogP contribution in [0.15, 0.2) is 23.2 Å². The molecule has 0 spiro atoms. The van der Waals surface area contributed by atoms with E-state index in [-0.39, 0.29) is 0 Å². The first-order valence-electron chi connectivity index (χ1n) is 9.20. The number of hydrogen-bond acceptors (Lipinski definition) is 4. The predicted molar refractivity (Wildman–Crippen MR) is 101 cm³/mol. The Hall–Kier alpha value is -1.95. The van der Waals surface area contributed by atoms with E-state index in [0.29, 0.717) is 19.3 Å². The Kier molecular flexibility index (Phi) is 8.39. The second-order valence-corrected chi connectivity index (χ2v) is 6.04. The second-order valence-electron chi connectivity index (χ2n) is 6.04. The molecule has 1 aromatic carbocycles. The van der Waals surface area contributed by atoms with Crippen LogP contribution in [0.1, 0.15) is 38.7 Å². The van der Waals surface area contributed by atoms with Crippen molar-refractivity contribution in [3.8, 4) is 11.5 Å². The molecular formula is C19H31N3O3. The topological polar surface area (TPSA) is 64.1 Å². The third kappa shape index (κ3) is 6.46. The number of guanidine groups is 1. The molecule has 0 bridgehead atoms. The summed E-state index contributed by atoms with van der Waals surface area (Å²) in [6.45, 7) is 7.89. The lowest BCUT2D eigenvalue weighted by Gasteiger charge is -2.15. The summed E-state index contributed by atoms with van der Waals surface area (Å²) in [5.41, 5.74) is 1.08. The van der Waals surface area contributed by atoms with Crippen LogP contribution in [0, 0.1) is 0 Å². The first-order chi connectivity index (χ1) is 12.3. The van der Waals surface area contributed by atoms with Crippen LogP contribution in [0.25, 0.3) is 0 Å². The number of aliphatic imine (C=N–C) groups is 1. The van der Waals surface area contributed by atoms with Gasteiger partial charge in [-0.05, 0) is 43.9 Å². The molecule has 6 heteroatoms. The Morgan fingerprint density at radius 3 is 2.84 bits per heavy atom. The molecule has 1 heterocycles. The molecule has 1 aliphatic rings. The van der Waals surface area contributed by atoms with Crippen LogP contribution in [0.3, 0.4) is 0 Å². The van der Waals surface area contributed by atoms with Crippen LogP contribution in [-0.2, 0) is 11.3 Å². The summed E-state index contributed by atoms with van der Waals surface area (Å²) in [6, 6.07) is 5.96. The molecule has 1 aliphatic heterocycles. The zero-order chi connectivity index (χ0) is 17.9. The molecule has 140 valence electrons. The van der Waals surface area contributed by atoms with E-state index in [4.69, 9.17) is 14.2 Å². The third-order valence-corrected chi connectivity index (χ3v) is 3.97. The average molecular weight is 349 g/mol. The fraction of sp³-hybridized carbons (Fsp3) is 0.632. The van der Waals surface area contributed by atoms with Crippen LogP contribution in [0.2, 0.25) is 0 Å². The first-order valence-corrected chi connectivity index (χ1v) is 9.20. The summed E-state index contributed by atoms with van der Waals surface area (Å²) in [6.07, 6.45) is 3.52. The Labute approximate surface area is 151 Å². The Morgan fingerprint density at radius 2 is 2.16 bits per heavy atom. The van der Waals surface area contributed by atoms with Gasteiger partial charge >= 0.3 is 0 Å². The van der Waals surface area contributed by atoms with E-state index < -0.39 is 0 Å². The van der Waals surface area contributed by atoms with Crippen LogP contribution >= 0.6 is 0 Å². The highest BCUT2D eigenvalue weighted by molar-refractivity contribution is 5.79. The van der Waals surface area contributed by atoms with Crippen molar-refractivity contribution in [3.05, 3.63) is 23.8 Å². The second kappa shape index (κ2) is 10.8. The zero-order valence-corrected chi connectivity index (χ0v) is 15.6. The number of nitrogens with one attached hydrogen (secondary N) is 2. The highest BCUT2D eigenvalue weighted by Crippen LogP contribution is 2.28. The molecule has 1 unspecified atom stereocenters. The molecule has 1 aromatic rings. The first kappa shape index (κ1) is 19.4. The van der Waals surface area contributed by atoms with Gasteiger partial charge in [-0.1, -0.05) is 13.0 Å². The minimum absolute atomic E-state index is 0.291. The van der Waals surface area contributed by atoms with Crippen molar-refractivity contribution in [2.24, 2.45) is 4.99 Å². The zero-order valence-electron chi connectivity index (χ0n) is 15.6. The number of rotatable bonds is 9. The van der Waals surface area contributed by atoms with Crippen molar-refractivity contribution in [2.45, 2.75) is 45.8 Å². The fourth-order valence-corrected chi connectivity index (χ4v) is 2.67. The predicted octanol–water partition coefficient (Wildman–Crippen LogP) is 2.72. The maximum absolute atomic E-state index is 5.69. The molecule has 1 saturated heterocycles. The van der Waals surface area contributed by atoms with E-state index in [0.717, 1.165) is 62.0 Å². The van der Waals surface area contributed by atoms with Crippen LogP contribution in [0.5, 0.6) is 11.5 Å². The van der Waals surface area contributed by atoms with Crippen LogP contribution < -0.4 is 20.1 Å². The monoisotopic (exact) mass is 349 g/mol. The molecule has 1 atom stereocenters. The maximum atomic E-state index is 5.69. The van der Waals surface area contributed by atoms with Crippen LogP contribution in [0.4, 0.5) is 0 Å². The minimum Gasteiger partial charge on any atom is -0.493 e. The van der Waals surface area contributed by atoms with Gasteiger partial charge in [-0.3, -0.25) is 0 Å². The van der Waals surface area contributed by atoms with Crippen molar-refractivity contribution < 1.29 is 14.2 Å².